The van der Waals surface area contributed by atoms with Gasteiger partial charge in [0.25, 0.3) is 0 Å². The van der Waals surface area contributed by atoms with Crippen molar-refractivity contribution >= 4 is 27.3 Å². The summed E-state index contributed by atoms with van der Waals surface area (Å²) >= 11 is 1.65. The zero-order valence-corrected chi connectivity index (χ0v) is 10.8. The molecule has 0 aliphatic heterocycles. The number of aromatic carboxylic acids is 1. The van der Waals surface area contributed by atoms with Crippen LogP contribution in [-0.2, 0) is 6.18 Å². The minimum absolute atomic E-state index is 0.199. The van der Waals surface area contributed by atoms with Gasteiger partial charge in [0.2, 0.25) is 0 Å². The van der Waals surface area contributed by atoms with Gasteiger partial charge in [0.15, 0.2) is 0 Å². The molecule has 19 heavy (non-hydrogen) atoms. The summed E-state index contributed by atoms with van der Waals surface area (Å²) in [4.78, 5) is 17.6. The van der Waals surface area contributed by atoms with Crippen LogP contribution in [0.15, 0.2) is 22.8 Å². The van der Waals surface area contributed by atoms with Gasteiger partial charge in [-0.1, -0.05) is 0 Å². The second-order valence-corrected chi connectivity index (χ2v) is 4.26. The number of hydrogen-bond donors (Lipinski definition) is 1. The Hall–Kier alpha value is -1.82. The van der Waals surface area contributed by atoms with E-state index in [9.17, 15) is 18.0 Å². The van der Waals surface area contributed by atoms with Gasteiger partial charge >= 0.3 is 112 Å². The SMILES string of the molecule is O=C(O)c1nc(-c2ccco2)c(C(F)(F)F)nc1[As]. The van der Waals surface area contributed by atoms with E-state index in [1.807, 2.05) is 0 Å². The van der Waals surface area contributed by atoms with Crippen LogP contribution in [0.25, 0.3) is 11.5 Å². The van der Waals surface area contributed by atoms with Gasteiger partial charge in [-0.3, -0.25) is 0 Å². The molecule has 0 fully saturated rings. The molecule has 0 aliphatic rings. The minimum atomic E-state index is -4.76. The molecule has 9 heteroatoms. The molecule has 0 unspecified atom stereocenters. The van der Waals surface area contributed by atoms with Crippen molar-refractivity contribution in [1.29, 1.82) is 0 Å². The van der Waals surface area contributed by atoms with Crippen LogP contribution in [0.4, 0.5) is 13.2 Å². The quantitative estimate of drug-likeness (QED) is 0.838. The third-order valence-electron chi connectivity index (χ3n) is 2.10. The number of aromatic nitrogens is 2. The molecule has 0 aromatic carbocycles. The van der Waals surface area contributed by atoms with Gasteiger partial charge in [-0.15, -0.1) is 0 Å². The molecule has 2 aromatic heterocycles. The summed E-state index contributed by atoms with van der Waals surface area (Å²) in [5, 5.41) is 8.86. The molecule has 1 N–H and O–H groups in total. The van der Waals surface area contributed by atoms with Crippen molar-refractivity contribution in [3.8, 4) is 11.5 Å². The van der Waals surface area contributed by atoms with Crippen LogP contribution in [0.3, 0.4) is 0 Å². The van der Waals surface area contributed by atoms with Crippen molar-refractivity contribution in [3.63, 3.8) is 0 Å². The average molecular weight is 332 g/mol. The van der Waals surface area contributed by atoms with Crippen LogP contribution in [0.5, 0.6) is 0 Å². The summed E-state index contributed by atoms with van der Waals surface area (Å²) in [5.74, 6) is -1.67. The molecule has 0 atom stereocenters. The first-order valence-electron chi connectivity index (χ1n) is 4.76. The molecule has 98 valence electrons. The Morgan fingerprint density at radius 2 is 2.05 bits per heavy atom. The Morgan fingerprint density at radius 3 is 2.53 bits per heavy atom. The number of rotatable bonds is 2. The molecular formula is C10H4AsF3N2O3. The number of carboxylic acid groups (broad SMARTS) is 1. The summed E-state index contributed by atoms with van der Waals surface area (Å²) in [6, 6.07) is 2.61. The summed E-state index contributed by atoms with van der Waals surface area (Å²) in [7, 11) is 0. The number of carbonyl (C=O) groups is 1. The normalized spacial score (nSPS) is 11.6. The molecule has 0 amide bonds. The maximum atomic E-state index is 12.9. The second-order valence-electron chi connectivity index (χ2n) is 3.37. The Labute approximate surface area is 113 Å². The standard InChI is InChI=1S/C10H4AsF3N2O3/c11-8-6(9(17)18)15-5(4-2-1-3-19-4)7(16-8)10(12,13)14/h1-3H,(H,17,18). The van der Waals surface area contributed by atoms with Gasteiger partial charge in [-0.25, -0.2) is 0 Å². The zero-order valence-electron chi connectivity index (χ0n) is 8.97. The topological polar surface area (TPSA) is 76.2 Å². The molecule has 2 rings (SSSR count). The maximum absolute atomic E-state index is 12.9. The van der Waals surface area contributed by atoms with Crippen molar-refractivity contribution in [2.75, 3.05) is 0 Å². The molecule has 5 nitrogen and oxygen atoms in total. The summed E-state index contributed by atoms with van der Waals surface area (Å²) < 4.78 is 43.0. The zero-order chi connectivity index (χ0) is 14.2. The Bertz CT molecular complexity index is 626. The van der Waals surface area contributed by atoms with Gasteiger partial charge in [0, 0.05) is 0 Å². The fourth-order valence-corrected chi connectivity index (χ4v) is 1.87. The summed E-state index contributed by atoms with van der Waals surface area (Å²) in [6.45, 7) is 0. The summed E-state index contributed by atoms with van der Waals surface area (Å²) in [6.07, 6.45) is -3.60. The number of carboxylic acids is 1. The van der Waals surface area contributed by atoms with Crippen LogP contribution < -0.4 is 4.48 Å². The van der Waals surface area contributed by atoms with E-state index in [1.165, 1.54) is 12.1 Å². The van der Waals surface area contributed by atoms with Crippen LogP contribution in [0.2, 0.25) is 0 Å². The van der Waals surface area contributed by atoms with Crippen LogP contribution >= 0.6 is 0 Å². The Balaban J connectivity index is 2.74. The van der Waals surface area contributed by atoms with Gasteiger partial charge < -0.3 is 0 Å². The predicted molar refractivity (Wildman–Crippen MR) is 57.1 cm³/mol. The van der Waals surface area contributed by atoms with E-state index in [2.05, 4.69) is 9.97 Å². The van der Waals surface area contributed by atoms with Crippen LogP contribution in [0, 0.1) is 0 Å². The predicted octanol–water partition coefficient (Wildman–Crippen LogP) is 1.25. The molecule has 0 bridgehead atoms. The fourth-order valence-electron chi connectivity index (χ4n) is 1.35. The van der Waals surface area contributed by atoms with E-state index < -0.39 is 29.2 Å². The van der Waals surface area contributed by atoms with Gasteiger partial charge in [0.1, 0.15) is 0 Å². The molecule has 2 heterocycles. The molecule has 0 saturated carbocycles. The first-order chi connectivity index (χ1) is 8.80. The van der Waals surface area contributed by atoms with Crippen molar-refractivity contribution < 1.29 is 27.5 Å². The van der Waals surface area contributed by atoms with E-state index in [0.717, 1.165) is 6.26 Å². The monoisotopic (exact) mass is 332 g/mol. The number of hydrogen-bond acceptors (Lipinski definition) is 4. The van der Waals surface area contributed by atoms with Crippen molar-refractivity contribution in [1.82, 2.24) is 9.97 Å². The van der Waals surface area contributed by atoms with Gasteiger partial charge in [-0.2, -0.15) is 0 Å². The van der Waals surface area contributed by atoms with Crippen molar-refractivity contribution in [3.05, 3.63) is 29.8 Å². The molecule has 0 spiro atoms. The van der Waals surface area contributed by atoms with Crippen LogP contribution in [0.1, 0.15) is 16.2 Å². The fraction of sp³-hybridized carbons (Fsp3) is 0.100. The van der Waals surface area contributed by atoms with Crippen molar-refractivity contribution in [2.24, 2.45) is 0 Å². The number of nitrogens with zero attached hydrogens (tertiary/aromatic N) is 2. The molecule has 0 saturated heterocycles. The second kappa shape index (κ2) is 4.69. The first-order valence-corrected chi connectivity index (χ1v) is 5.70. The Morgan fingerprint density at radius 1 is 1.37 bits per heavy atom. The molecule has 2 aromatic rings. The molecule has 2 radical (unpaired) electrons. The molecule has 0 aliphatic carbocycles. The van der Waals surface area contributed by atoms with Crippen LogP contribution in [-0.4, -0.2) is 37.9 Å². The van der Waals surface area contributed by atoms with E-state index in [1.54, 1.807) is 16.9 Å². The third kappa shape index (κ3) is 2.63. The van der Waals surface area contributed by atoms with E-state index >= 15 is 0 Å². The van der Waals surface area contributed by atoms with E-state index in [0.29, 0.717) is 0 Å². The number of furan rings is 1. The number of alkyl halides is 3. The summed E-state index contributed by atoms with van der Waals surface area (Å²) in [5.41, 5.74) is -2.51. The van der Waals surface area contributed by atoms with Gasteiger partial charge in [0.05, 0.1) is 0 Å². The average Bonchev–Trinajstić information content (AvgIpc) is 2.80. The Kier molecular flexibility index (Phi) is 3.36. The van der Waals surface area contributed by atoms with E-state index in [4.69, 9.17) is 9.52 Å². The van der Waals surface area contributed by atoms with Crippen molar-refractivity contribution in [2.45, 2.75) is 6.18 Å². The number of halogens is 3. The van der Waals surface area contributed by atoms with Gasteiger partial charge in [-0.05, 0) is 0 Å². The first kappa shape index (κ1) is 13.6. The van der Waals surface area contributed by atoms with E-state index in [-0.39, 0.29) is 10.2 Å². The molecular weight excluding hydrogens is 328 g/mol. The third-order valence-corrected chi connectivity index (χ3v) is 2.76.